The maximum absolute atomic E-state index is 11.6. The van der Waals surface area contributed by atoms with E-state index in [1.165, 1.54) is 56.2 Å². The van der Waals surface area contributed by atoms with Crippen LogP contribution in [0.2, 0.25) is 0 Å². The predicted octanol–water partition coefficient (Wildman–Crippen LogP) is 6.77. The molecule has 0 amide bonds. The molecule has 282 valence electrons. The second-order valence-corrected chi connectivity index (χ2v) is 15.9. The van der Waals surface area contributed by atoms with Gasteiger partial charge in [0.1, 0.15) is 24.2 Å². The van der Waals surface area contributed by atoms with Crippen LogP contribution in [0.5, 0.6) is 11.5 Å². The molecule has 6 unspecified atom stereocenters. The third-order valence-electron chi connectivity index (χ3n) is 12.4. The second-order valence-electron chi connectivity index (χ2n) is 15.9. The standard InChI is InChI=1S/C42H62N2O7/c1-3-4-12-39-29(25-46)21-30(51-39)15-13-28-14-16-37(48)40(20-28)50-26-38(49)35-22-32-36(44-35)23-42(17-5-6-18-42)33-10-7-9-31(33)41(32)34(11-8-19-45)43-24-27(2)47/h14,16,20-22,27,31,33-34,38,41,43-49H,3-13,15,17-19,23-26H2,1-2H3. The summed E-state index contributed by atoms with van der Waals surface area (Å²) in [7, 11) is 0. The SMILES string of the molecule is CCCCc1oc(CCc2ccc(O)c(OCC(O)c3cc4c([nH]3)CC3(CCCC3)C3CCCC3C4C(CCCO)NCC(C)O)c2)cc1CO. The zero-order chi connectivity index (χ0) is 36.0. The van der Waals surface area contributed by atoms with Gasteiger partial charge in [0.05, 0.1) is 12.7 Å². The van der Waals surface area contributed by atoms with Crippen LogP contribution in [-0.2, 0) is 32.3 Å². The van der Waals surface area contributed by atoms with Crippen LogP contribution in [0.3, 0.4) is 0 Å². The van der Waals surface area contributed by atoms with Crippen LogP contribution in [-0.4, -0.2) is 62.4 Å². The van der Waals surface area contributed by atoms with Gasteiger partial charge in [-0.1, -0.05) is 38.7 Å². The van der Waals surface area contributed by atoms with Gasteiger partial charge >= 0.3 is 0 Å². The number of hydrogen-bond donors (Lipinski definition) is 7. The fraction of sp³-hybridized carbons (Fsp3) is 0.667. The Bertz CT molecular complexity index is 1540. The van der Waals surface area contributed by atoms with E-state index in [1.54, 1.807) is 6.07 Å². The molecule has 3 aliphatic carbocycles. The van der Waals surface area contributed by atoms with Crippen LogP contribution < -0.4 is 10.1 Å². The van der Waals surface area contributed by atoms with Gasteiger partial charge in [-0.3, -0.25) is 0 Å². The largest absolute Gasteiger partial charge is 0.504 e. The van der Waals surface area contributed by atoms with Gasteiger partial charge in [0.25, 0.3) is 0 Å². The Hall–Kier alpha value is -2.82. The monoisotopic (exact) mass is 706 g/mol. The number of ether oxygens (including phenoxy) is 1. The van der Waals surface area contributed by atoms with Crippen molar-refractivity contribution in [3.63, 3.8) is 0 Å². The average Bonchev–Trinajstić information content (AvgIpc) is 3.94. The van der Waals surface area contributed by atoms with E-state index in [2.05, 4.69) is 23.3 Å². The van der Waals surface area contributed by atoms with Gasteiger partial charge in [0.2, 0.25) is 0 Å². The lowest BCUT2D eigenvalue weighted by atomic mass is 9.65. The van der Waals surface area contributed by atoms with Gasteiger partial charge in [-0.2, -0.15) is 0 Å². The van der Waals surface area contributed by atoms with Crippen molar-refractivity contribution in [3.8, 4) is 11.5 Å². The smallest absolute Gasteiger partial charge is 0.161 e. The number of aliphatic hydroxyl groups is 4. The molecule has 0 aliphatic heterocycles. The number of hydrogen-bond acceptors (Lipinski definition) is 8. The van der Waals surface area contributed by atoms with E-state index in [0.29, 0.717) is 43.4 Å². The molecule has 1 aromatic carbocycles. The molecule has 1 spiro atoms. The summed E-state index contributed by atoms with van der Waals surface area (Å²) in [5, 5.41) is 55.8. The number of rotatable bonds is 18. The first-order valence-electron chi connectivity index (χ1n) is 19.8. The summed E-state index contributed by atoms with van der Waals surface area (Å²) in [4.78, 5) is 3.70. The van der Waals surface area contributed by atoms with Crippen molar-refractivity contribution in [2.75, 3.05) is 19.8 Å². The van der Waals surface area contributed by atoms with Gasteiger partial charge in [0.15, 0.2) is 11.5 Å². The van der Waals surface area contributed by atoms with Gasteiger partial charge in [-0.15, -0.1) is 0 Å². The number of aromatic nitrogens is 1. The predicted molar refractivity (Wildman–Crippen MR) is 198 cm³/mol. The van der Waals surface area contributed by atoms with E-state index >= 15 is 0 Å². The van der Waals surface area contributed by atoms with E-state index in [0.717, 1.165) is 60.4 Å². The molecular weight excluding hydrogens is 644 g/mol. The minimum absolute atomic E-state index is 0.00861. The summed E-state index contributed by atoms with van der Waals surface area (Å²) in [5.41, 5.74) is 5.35. The third kappa shape index (κ3) is 8.71. The van der Waals surface area contributed by atoms with Gasteiger partial charge < -0.3 is 45.0 Å². The van der Waals surface area contributed by atoms with Crippen molar-refractivity contribution in [1.29, 1.82) is 0 Å². The lowest BCUT2D eigenvalue weighted by Gasteiger charge is -2.41. The van der Waals surface area contributed by atoms with E-state index in [-0.39, 0.29) is 42.9 Å². The number of unbranched alkanes of at least 4 members (excludes halogenated alkanes) is 1. The Balaban J connectivity index is 1.19. The molecule has 3 aliphatic rings. The molecule has 6 atom stereocenters. The topological polar surface area (TPSA) is 151 Å². The van der Waals surface area contributed by atoms with Crippen LogP contribution >= 0.6 is 0 Å². The minimum atomic E-state index is -0.914. The summed E-state index contributed by atoms with van der Waals surface area (Å²) < 4.78 is 12.2. The molecular formula is C42H62N2O7. The molecule has 0 saturated heterocycles. The average molecular weight is 707 g/mol. The normalized spacial score (nSPS) is 22.8. The maximum Gasteiger partial charge on any atom is 0.161 e. The molecule has 0 bridgehead atoms. The zero-order valence-electron chi connectivity index (χ0n) is 30.8. The summed E-state index contributed by atoms with van der Waals surface area (Å²) in [6.07, 6.45) is 14.1. The maximum atomic E-state index is 11.6. The van der Waals surface area contributed by atoms with Crippen LogP contribution in [0.25, 0.3) is 0 Å². The molecule has 2 aromatic heterocycles. The Morgan fingerprint density at radius 2 is 1.84 bits per heavy atom. The molecule has 2 heterocycles. The highest BCUT2D eigenvalue weighted by Crippen LogP contribution is 2.61. The fourth-order valence-electron chi connectivity index (χ4n) is 9.93. The van der Waals surface area contributed by atoms with E-state index < -0.39 is 12.2 Å². The van der Waals surface area contributed by atoms with Crippen molar-refractivity contribution >= 4 is 0 Å². The number of nitrogens with one attached hydrogen (secondary N) is 2. The third-order valence-corrected chi connectivity index (χ3v) is 12.4. The Kier molecular flexibility index (Phi) is 12.9. The Morgan fingerprint density at radius 1 is 1.02 bits per heavy atom. The van der Waals surface area contributed by atoms with E-state index in [4.69, 9.17) is 9.15 Å². The second kappa shape index (κ2) is 17.3. The Labute approximate surface area is 303 Å². The number of aliphatic hydroxyl groups excluding tert-OH is 4. The van der Waals surface area contributed by atoms with Gasteiger partial charge in [-0.25, -0.2) is 0 Å². The van der Waals surface area contributed by atoms with Crippen molar-refractivity contribution in [2.24, 2.45) is 17.3 Å². The number of phenols is 1. The molecule has 0 radical (unpaired) electrons. The van der Waals surface area contributed by atoms with Crippen LogP contribution in [0.1, 0.15) is 136 Å². The number of benzene rings is 1. The van der Waals surface area contributed by atoms with Crippen LogP contribution in [0, 0.1) is 17.3 Å². The first-order chi connectivity index (χ1) is 24.7. The summed E-state index contributed by atoms with van der Waals surface area (Å²) in [5.74, 6) is 3.47. The minimum Gasteiger partial charge on any atom is -0.504 e. The molecule has 51 heavy (non-hydrogen) atoms. The number of H-pyrrole nitrogens is 1. The first kappa shape index (κ1) is 37.9. The van der Waals surface area contributed by atoms with Crippen molar-refractivity contribution in [2.45, 2.75) is 141 Å². The molecule has 3 aromatic rings. The van der Waals surface area contributed by atoms with Gasteiger partial charge in [-0.05, 0) is 117 Å². The highest BCUT2D eigenvalue weighted by Gasteiger charge is 2.53. The molecule has 7 N–H and O–H groups in total. The molecule has 2 fully saturated rings. The zero-order valence-corrected chi connectivity index (χ0v) is 30.8. The Morgan fingerprint density at radius 3 is 2.59 bits per heavy atom. The summed E-state index contributed by atoms with van der Waals surface area (Å²) >= 11 is 0. The highest BCUT2D eigenvalue weighted by atomic mass is 16.5. The van der Waals surface area contributed by atoms with Crippen LogP contribution in [0.4, 0.5) is 0 Å². The number of fused-ring (bicyclic) bond motifs is 3. The van der Waals surface area contributed by atoms with Gasteiger partial charge in [0, 0.05) is 54.9 Å². The van der Waals surface area contributed by atoms with Crippen molar-refractivity contribution < 1.29 is 34.7 Å². The number of furan rings is 1. The fourth-order valence-corrected chi connectivity index (χ4v) is 9.93. The lowest BCUT2D eigenvalue weighted by molar-refractivity contribution is 0.0987. The molecule has 6 rings (SSSR count). The first-order valence-corrected chi connectivity index (χ1v) is 19.8. The van der Waals surface area contributed by atoms with Crippen molar-refractivity contribution in [3.05, 3.63) is 69.9 Å². The number of phenolic OH excluding ortho intramolecular Hbond substituents is 1. The van der Waals surface area contributed by atoms with E-state index in [9.17, 15) is 25.5 Å². The quantitative estimate of drug-likeness (QED) is 0.0766. The highest BCUT2D eigenvalue weighted by molar-refractivity contribution is 5.42. The number of aromatic amines is 1. The lowest BCUT2D eigenvalue weighted by Crippen LogP contribution is -2.43. The number of aryl methyl sites for hydroxylation is 3. The van der Waals surface area contributed by atoms with Crippen LogP contribution in [0.15, 0.2) is 34.7 Å². The van der Waals surface area contributed by atoms with Crippen molar-refractivity contribution in [1.82, 2.24) is 10.3 Å². The molecule has 9 heteroatoms. The molecule has 2 saturated carbocycles. The molecule has 9 nitrogen and oxygen atoms in total. The summed E-state index contributed by atoms with van der Waals surface area (Å²) in [6, 6.07) is 9.58. The summed E-state index contributed by atoms with van der Waals surface area (Å²) in [6.45, 7) is 4.56. The number of aromatic hydroxyl groups is 1. The van der Waals surface area contributed by atoms with E-state index in [1.807, 2.05) is 25.1 Å².